The van der Waals surface area contributed by atoms with Crippen molar-refractivity contribution >= 4 is 50.2 Å². The Bertz CT molecular complexity index is 359. The van der Waals surface area contributed by atoms with Gasteiger partial charge < -0.3 is 11.5 Å². The molecule has 0 fully saturated rings. The van der Waals surface area contributed by atoms with Gasteiger partial charge in [-0.05, 0) is 47.2 Å². The molecule has 0 amide bonds. The number of rotatable bonds is 1. The number of guanidine groups is 1. The molecule has 0 bridgehead atoms. The first-order valence-electron chi connectivity index (χ1n) is 3.56. The fourth-order valence-electron chi connectivity index (χ4n) is 0.861. The fourth-order valence-corrected chi connectivity index (χ4v) is 1.94. The lowest BCUT2D eigenvalue weighted by atomic mass is 10.2. The average Bonchev–Trinajstić information content (AvgIpc) is 1.99. The first-order valence-corrected chi connectivity index (χ1v) is 5.43. The van der Waals surface area contributed by atoms with Gasteiger partial charge in [-0.2, -0.15) is 0 Å². The molecule has 3 nitrogen and oxygen atoms in total. The van der Waals surface area contributed by atoms with Gasteiger partial charge in [0.15, 0.2) is 5.96 Å². The molecule has 1 rings (SSSR count). The van der Waals surface area contributed by atoms with Gasteiger partial charge in [-0.1, -0.05) is 15.9 Å². The zero-order valence-corrected chi connectivity index (χ0v) is 10.8. The van der Waals surface area contributed by atoms with Crippen molar-refractivity contribution < 1.29 is 0 Å². The molecule has 0 saturated carbocycles. The van der Waals surface area contributed by atoms with Gasteiger partial charge in [0.1, 0.15) is 0 Å². The highest BCUT2D eigenvalue weighted by Gasteiger charge is 2.02. The summed E-state index contributed by atoms with van der Waals surface area (Å²) in [5.41, 5.74) is 12.5. The van der Waals surface area contributed by atoms with E-state index >= 15 is 0 Å². The molecular weight excluding hydrogens is 345 g/mol. The summed E-state index contributed by atoms with van der Waals surface area (Å²) in [5, 5.41) is 0. The van der Waals surface area contributed by atoms with Crippen LogP contribution in [0, 0.1) is 10.5 Å². The Balaban J connectivity index is 3.24. The van der Waals surface area contributed by atoms with E-state index in [0.717, 1.165) is 13.7 Å². The van der Waals surface area contributed by atoms with Crippen molar-refractivity contribution in [3.63, 3.8) is 0 Å². The van der Waals surface area contributed by atoms with E-state index in [9.17, 15) is 0 Å². The molecule has 4 N–H and O–H groups in total. The number of nitrogens with zero attached hydrogens (tertiary/aromatic N) is 1. The van der Waals surface area contributed by atoms with Crippen molar-refractivity contribution in [3.8, 4) is 0 Å². The summed E-state index contributed by atoms with van der Waals surface area (Å²) in [5.74, 6) is 0.0775. The fraction of sp³-hybridized carbons (Fsp3) is 0.125. The summed E-state index contributed by atoms with van der Waals surface area (Å²) in [7, 11) is 0. The van der Waals surface area contributed by atoms with Crippen LogP contribution in [-0.2, 0) is 0 Å². The Morgan fingerprint density at radius 1 is 1.46 bits per heavy atom. The second-order valence-electron chi connectivity index (χ2n) is 2.59. The maximum atomic E-state index is 5.29. The zero-order valence-electron chi connectivity index (χ0n) is 7.01. The first kappa shape index (κ1) is 10.8. The van der Waals surface area contributed by atoms with Crippen molar-refractivity contribution in [2.45, 2.75) is 6.92 Å². The maximum absolute atomic E-state index is 5.29. The van der Waals surface area contributed by atoms with Crippen LogP contribution < -0.4 is 11.5 Å². The van der Waals surface area contributed by atoms with Gasteiger partial charge in [-0.3, -0.25) is 0 Å². The number of benzene rings is 1. The largest absolute Gasteiger partial charge is 0.370 e. The van der Waals surface area contributed by atoms with E-state index in [2.05, 4.69) is 43.5 Å². The monoisotopic (exact) mass is 353 g/mol. The van der Waals surface area contributed by atoms with Crippen LogP contribution in [0.25, 0.3) is 0 Å². The van der Waals surface area contributed by atoms with Gasteiger partial charge >= 0.3 is 0 Å². The normalized spacial score (nSPS) is 9.77. The second-order valence-corrected chi connectivity index (χ2v) is 4.61. The van der Waals surface area contributed by atoms with Gasteiger partial charge in [0.2, 0.25) is 0 Å². The highest BCUT2D eigenvalue weighted by molar-refractivity contribution is 14.1. The summed E-state index contributed by atoms with van der Waals surface area (Å²) in [4.78, 5) is 4.00. The van der Waals surface area contributed by atoms with Crippen LogP contribution in [0.15, 0.2) is 21.6 Å². The molecule has 0 spiro atoms. The van der Waals surface area contributed by atoms with Crippen LogP contribution in [0.4, 0.5) is 5.69 Å². The van der Waals surface area contributed by atoms with Crippen LogP contribution >= 0.6 is 38.5 Å². The number of halogens is 2. The molecule has 0 aliphatic rings. The van der Waals surface area contributed by atoms with Crippen molar-refractivity contribution in [1.29, 1.82) is 0 Å². The molecule has 1 aromatic carbocycles. The molecule has 70 valence electrons. The molecule has 5 heteroatoms. The number of hydrogen-bond acceptors (Lipinski definition) is 1. The molecule has 1 aromatic rings. The third-order valence-corrected chi connectivity index (χ3v) is 3.20. The highest BCUT2D eigenvalue weighted by atomic mass is 127. The highest BCUT2D eigenvalue weighted by Crippen LogP contribution is 2.28. The maximum Gasteiger partial charge on any atom is 0.191 e. The molecule has 13 heavy (non-hydrogen) atoms. The summed E-state index contributed by atoms with van der Waals surface area (Å²) >= 11 is 5.61. The van der Waals surface area contributed by atoms with Gasteiger partial charge in [0.05, 0.1) is 5.69 Å². The Labute approximate surface area is 98.9 Å². The number of aryl methyl sites for hydroxylation is 1. The lowest BCUT2D eigenvalue weighted by molar-refractivity contribution is 1.35. The smallest absolute Gasteiger partial charge is 0.191 e. The van der Waals surface area contributed by atoms with Crippen LogP contribution in [0.5, 0.6) is 0 Å². The number of aliphatic imine (C=N–C) groups is 1. The van der Waals surface area contributed by atoms with Crippen molar-refractivity contribution in [2.75, 3.05) is 0 Å². The van der Waals surface area contributed by atoms with Gasteiger partial charge in [0.25, 0.3) is 0 Å². The minimum absolute atomic E-state index is 0.0775. The van der Waals surface area contributed by atoms with Gasteiger partial charge in [-0.15, -0.1) is 0 Å². The quantitative estimate of drug-likeness (QED) is 0.462. The Hall–Kier alpha value is -0.300. The van der Waals surface area contributed by atoms with Crippen LogP contribution in [-0.4, -0.2) is 5.96 Å². The van der Waals surface area contributed by atoms with E-state index in [4.69, 9.17) is 11.5 Å². The number of nitrogens with two attached hydrogens (primary N) is 2. The summed E-state index contributed by atoms with van der Waals surface area (Å²) in [6, 6.07) is 3.92. The van der Waals surface area contributed by atoms with E-state index in [1.165, 1.54) is 5.56 Å². The minimum atomic E-state index is 0.0775. The summed E-state index contributed by atoms with van der Waals surface area (Å²) in [6.45, 7) is 2.02. The SMILES string of the molecule is Cc1cc(I)c(N=C(N)N)cc1Br. The topological polar surface area (TPSA) is 64.4 Å². The Morgan fingerprint density at radius 3 is 2.62 bits per heavy atom. The van der Waals surface area contributed by atoms with E-state index in [1.807, 2.05) is 19.1 Å². The predicted octanol–water partition coefficient (Wildman–Crippen LogP) is 2.27. The molecule has 0 saturated heterocycles. The summed E-state index contributed by atoms with van der Waals surface area (Å²) in [6.07, 6.45) is 0. The Morgan fingerprint density at radius 2 is 2.08 bits per heavy atom. The molecule has 0 radical (unpaired) electrons. The van der Waals surface area contributed by atoms with Crippen molar-refractivity contribution in [2.24, 2.45) is 16.5 Å². The molecule has 0 aromatic heterocycles. The van der Waals surface area contributed by atoms with Crippen molar-refractivity contribution in [3.05, 3.63) is 25.7 Å². The van der Waals surface area contributed by atoms with E-state index in [1.54, 1.807) is 0 Å². The molecule has 0 atom stereocenters. The summed E-state index contributed by atoms with van der Waals surface area (Å²) < 4.78 is 2.04. The van der Waals surface area contributed by atoms with Crippen molar-refractivity contribution in [1.82, 2.24) is 0 Å². The predicted molar refractivity (Wildman–Crippen MR) is 67.1 cm³/mol. The molecule has 0 heterocycles. The second kappa shape index (κ2) is 4.28. The van der Waals surface area contributed by atoms with Crippen LogP contribution in [0.3, 0.4) is 0 Å². The lowest BCUT2D eigenvalue weighted by Crippen LogP contribution is -2.22. The minimum Gasteiger partial charge on any atom is -0.370 e. The van der Waals surface area contributed by atoms with E-state index in [-0.39, 0.29) is 5.96 Å². The zero-order chi connectivity index (χ0) is 10.0. The molecule has 0 unspecified atom stereocenters. The van der Waals surface area contributed by atoms with Gasteiger partial charge in [0, 0.05) is 8.04 Å². The van der Waals surface area contributed by atoms with E-state index in [0.29, 0.717) is 0 Å². The van der Waals surface area contributed by atoms with Crippen LogP contribution in [0.1, 0.15) is 5.56 Å². The van der Waals surface area contributed by atoms with E-state index < -0.39 is 0 Å². The third kappa shape index (κ3) is 2.84. The first-order chi connectivity index (χ1) is 6.00. The third-order valence-electron chi connectivity index (χ3n) is 1.48. The molecular formula is C8H9BrIN3. The van der Waals surface area contributed by atoms with Crippen LogP contribution in [0.2, 0.25) is 0 Å². The lowest BCUT2D eigenvalue weighted by Gasteiger charge is -2.03. The Kier molecular flexibility index (Phi) is 3.55. The molecule has 0 aliphatic carbocycles. The van der Waals surface area contributed by atoms with Gasteiger partial charge in [-0.25, -0.2) is 4.99 Å². The average molecular weight is 354 g/mol. The standard InChI is InChI=1S/C8H9BrIN3/c1-4-2-6(10)7(3-5(4)9)13-8(11)12/h2-3H,1H3,(H4,11,12,13). The molecule has 0 aliphatic heterocycles. The number of hydrogen-bond donors (Lipinski definition) is 2.